The largest absolute Gasteiger partial charge is 0.345 e. The van der Waals surface area contributed by atoms with Gasteiger partial charge in [-0.1, -0.05) is 54.6 Å². The molecule has 0 unspecified atom stereocenters. The number of urea groups is 1. The molecule has 1 saturated heterocycles. The van der Waals surface area contributed by atoms with E-state index in [0.717, 1.165) is 37.9 Å². The number of carbonyl (C=O) groups is 3. The van der Waals surface area contributed by atoms with Crippen LogP contribution in [-0.2, 0) is 29.1 Å². The lowest BCUT2D eigenvalue weighted by molar-refractivity contribution is -0.156. The van der Waals surface area contributed by atoms with Crippen LogP contribution >= 0.6 is 11.3 Å². The van der Waals surface area contributed by atoms with E-state index in [2.05, 4.69) is 37.5 Å². The van der Waals surface area contributed by atoms with Crippen LogP contribution in [0.25, 0.3) is 21.3 Å². The fourth-order valence-electron chi connectivity index (χ4n) is 5.69. The van der Waals surface area contributed by atoms with E-state index in [1.54, 1.807) is 22.8 Å². The number of rotatable bonds is 11. The molecule has 45 heavy (non-hydrogen) atoms. The van der Waals surface area contributed by atoms with Gasteiger partial charge in [0.25, 0.3) is 0 Å². The molecule has 4 N–H and O–H groups in total. The van der Waals surface area contributed by atoms with Gasteiger partial charge >= 0.3 is 6.03 Å². The smallest absolute Gasteiger partial charge is 0.316 e. The first-order chi connectivity index (χ1) is 22.0. The second-order valence-electron chi connectivity index (χ2n) is 10.9. The topological polar surface area (TPSA) is 135 Å². The monoisotopic (exact) mass is 622 g/mol. The zero-order valence-electron chi connectivity index (χ0n) is 24.6. The zero-order chi connectivity index (χ0) is 31.2. The Morgan fingerprint density at radius 3 is 2.78 bits per heavy atom. The Labute approximate surface area is 264 Å². The van der Waals surface area contributed by atoms with Gasteiger partial charge in [-0.15, -0.1) is 17.9 Å². The molecule has 1 aliphatic heterocycles. The van der Waals surface area contributed by atoms with Crippen LogP contribution < -0.4 is 16.0 Å². The SMILES string of the molecule is C=CCNCC(=O)N1[C@@H](NC(=O)NCc2ccccc2)CN(Cc2cccc3scnc23)C(=O)[C@@H]1Cc1ccc2nc[nH]c2c1. The maximum absolute atomic E-state index is 14.3. The Hall–Kier alpha value is -5.07. The van der Waals surface area contributed by atoms with E-state index in [4.69, 9.17) is 0 Å². The number of para-hydroxylation sites is 1. The molecule has 12 heteroatoms. The van der Waals surface area contributed by atoms with Crippen LogP contribution in [0.4, 0.5) is 4.79 Å². The van der Waals surface area contributed by atoms with Gasteiger partial charge in [-0.3, -0.25) is 9.59 Å². The van der Waals surface area contributed by atoms with E-state index < -0.39 is 18.2 Å². The Morgan fingerprint density at radius 1 is 1.07 bits per heavy atom. The minimum Gasteiger partial charge on any atom is -0.345 e. The molecule has 0 spiro atoms. The van der Waals surface area contributed by atoms with E-state index in [0.29, 0.717) is 13.1 Å². The number of fused-ring (bicyclic) bond motifs is 2. The van der Waals surface area contributed by atoms with Crippen molar-refractivity contribution in [1.82, 2.24) is 40.7 Å². The van der Waals surface area contributed by atoms with Crippen molar-refractivity contribution in [3.63, 3.8) is 0 Å². The number of piperazine rings is 1. The van der Waals surface area contributed by atoms with E-state index in [1.165, 1.54) is 16.2 Å². The predicted molar refractivity (Wildman–Crippen MR) is 174 cm³/mol. The maximum atomic E-state index is 14.3. The van der Waals surface area contributed by atoms with E-state index >= 15 is 0 Å². The van der Waals surface area contributed by atoms with Gasteiger partial charge in [-0.05, 0) is 34.9 Å². The predicted octanol–water partition coefficient (Wildman–Crippen LogP) is 3.56. The van der Waals surface area contributed by atoms with Crippen LogP contribution in [0.1, 0.15) is 16.7 Å². The van der Waals surface area contributed by atoms with Crippen LogP contribution in [0.5, 0.6) is 0 Å². The van der Waals surface area contributed by atoms with E-state index in [1.807, 2.05) is 66.7 Å². The number of imidazole rings is 1. The van der Waals surface area contributed by atoms with Crippen molar-refractivity contribution >= 4 is 50.4 Å². The third-order valence-corrected chi connectivity index (χ3v) is 8.62. The maximum Gasteiger partial charge on any atom is 0.316 e. The molecular weight excluding hydrogens is 588 g/mol. The molecular formula is C33H34N8O3S. The second kappa shape index (κ2) is 13.7. The van der Waals surface area contributed by atoms with Crippen molar-refractivity contribution in [3.8, 4) is 0 Å². The molecule has 1 fully saturated rings. The number of nitrogens with zero attached hydrogens (tertiary/aromatic N) is 4. The van der Waals surface area contributed by atoms with Crippen molar-refractivity contribution in [2.24, 2.45) is 0 Å². The lowest BCUT2D eigenvalue weighted by atomic mass is 9.98. The molecule has 3 heterocycles. The Morgan fingerprint density at radius 2 is 1.93 bits per heavy atom. The number of carbonyl (C=O) groups excluding carboxylic acids is 3. The highest BCUT2D eigenvalue weighted by atomic mass is 32.1. The summed E-state index contributed by atoms with van der Waals surface area (Å²) in [6.45, 7) is 4.84. The molecule has 2 aromatic heterocycles. The van der Waals surface area contributed by atoms with Gasteiger partial charge in [0.1, 0.15) is 12.2 Å². The van der Waals surface area contributed by atoms with E-state index in [-0.39, 0.29) is 37.9 Å². The standard InChI is InChI=1S/C33H34N8O3S/c1-2-13-34-17-30(42)41-27(15-23-11-12-25-26(14-23)37-20-36-25)32(43)40(18-24-9-6-10-28-31(24)38-21-45-28)19-29(41)39-33(44)35-16-22-7-4-3-5-8-22/h2-12,14,20-21,27,29,34H,1,13,15-19H2,(H,36,37)(H2,35,39,44)/t27-,29+/m0/s1. The summed E-state index contributed by atoms with van der Waals surface area (Å²) >= 11 is 1.54. The van der Waals surface area contributed by atoms with Crippen molar-refractivity contribution in [1.29, 1.82) is 0 Å². The summed E-state index contributed by atoms with van der Waals surface area (Å²) in [6.07, 6.45) is 2.75. The summed E-state index contributed by atoms with van der Waals surface area (Å²) in [5, 5.41) is 8.96. The average Bonchev–Trinajstić information content (AvgIpc) is 3.73. The summed E-state index contributed by atoms with van der Waals surface area (Å²) in [5.74, 6) is -0.501. The number of hydrogen-bond donors (Lipinski definition) is 4. The fourth-order valence-corrected chi connectivity index (χ4v) is 6.41. The second-order valence-corrected chi connectivity index (χ2v) is 11.7. The number of benzene rings is 3. The number of nitrogens with one attached hydrogen (secondary N) is 4. The van der Waals surface area contributed by atoms with Gasteiger partial charge in [0.2, 0.25) is 11.8 Å². The van der Waals surface area contributed by atoms with Gasteiger partial charge in [0, 0.05) is 26.1 Å². The third kappa shape index (κ3) is 6.87. The highest BCUT2D eigenvalue weighted by Crippen LogP contribution is 2.27. The molecule has 4 amide bonds. The first-order valence-corrected chi connectivity index (χ1v) is 15.6. The van der Waals surface area contributed by atoms with Crippen LogP contribution in [0.2, 0.25) is 0 Å². The molecule has 1 aliphatic rings. The third-order valence-electron chi connectivity index (χ3n) is 7.83. The number of amides is 4. The Balaban J connectivity index is 1.32. The van der Waals surface area contributed by atoms with Crippen LogP contribution in [0.3, 0.4) is 0 Å². The summed E-state index contributed by atoms with van der Waals surface area (Å²) in [5.41, 5.74) is 6.98. The van der Waals surface area contributed by atoms with Gasteiger partial charge in [-0.2, -0.15) is 0 Å². The molecule has 0 radical (unpaired) electrons. The molecule has 0 bridgehead atoms. The van der Waals surface area contributed by atoms with Crippen LogP contribution in [0, 0.1) is 0 Å². The van der Waals surface area contributed by atoms with Crippen molar-refractivity contribution in [2.75, 3.05) is 19.6 Å². The molecule has 6 rings (SSSR count). The average molecular weight is 623 g/mol. The molecule has 0 saturated carbocycles. The number of H-pyrrole nitrogens is 1. The van der Waals surface area contributed by atoms with Crippen molar-refractivity contribution in [3.05, 3.63) is 108 Å². The Bertz CT molecular complexity index is 1820. The van der Waals surface area contributed by atoms with E-state index in [9.17, 15) is 14.4 Å². The number of hydrogen-bond acceptors (Lipinski definition) is 7. The van der Waals surface area contributed by atoms with Gasteiger partial charge in [0.15, 0.2) is 0 Å². The highest BCUT2D eigenvalue weighted by Gasteiger charge is 2.43. The normalized spacial score (nSPS) is 16.7. The molecule has 5 aromatic rings. The number of aromatic nitrogens is 3. The van der Waals surface area contributed by atoms with Gasteiger partial charge < -0.3 is 30.7 Å². The lowest BCUT2D eigenvalue weighted by Crippen LogP contribution is -2.69. The summed E-state index contributed by atoms with van der Waals surface area (Å²) in [4.78, 5) is 56.6. The minimum atomic E-state index is -0.869. The summed E-state index contributed by atoms with van der Waals surface area (Å²) in [7, 11) is 0. The molecule has 0 aliphatic carbocycles. The van der Waals surface area contributed by atoms with Crippen LogP contribution in [0.15, 0.2) is 91.2 Å². The van der Waals surface area contributed by atoms with Crippen molar-refractivity contribution in [2.45, 2.75) is 31.7 Å². The molecule has 230 valence electrons. The Kier molecular flexibility index (Phi) is 9.13. The zero-order valence-corrected chi connectivity index (χ0v) is 25.4. The molecule has 3 aromatic carbocycles. The number of aromatic amines is 1. The fraction of sp³-hybridized carbons (Fsp3) is 0.242. The molecule has 11 nitrogen and oxygen atoms in total. The summed E-state index contributed by atoms with van der Waals surface area (Å²) < 4.78 is 1.03. The van der Waals surface area contributed by atoms with Gasteiger partial charge in [0.05, 0.1) is 46.2 Å². The highest BCUT2D eigenvalue weighted by molar-refractivity contribution is 7.16. The number of thiazole rings is 1. The van der Waals surface area contributed by atoms with Gasteiger partial charge in [-0.25, -0.2) is 14.8 Å². The molecule has 2 atom stereocenters. The first kappa shape index (κ1) is 30.0. The van der Waals surface area contributed by atoms with Crippen molar-refractivity contribution < 1.29 is 14.4 Å². The van der Waals surface area contributed by atoms with Crippen LogP contribution in [-0.4, -0.2) is 74.4 Å². The first-order valence-electron chi connectivity index (χ1n) is 14.7. The minimum absolute atomic E-state index is 0.0165. The summed E-state index contributed by atoms with van der Waals surface area (Å²) in [6, 6.07) is 19.9. The lowest BCUT2D eigenvalue weighted by Gasteiger charge is -2.46. The quantitative estimate of drug-likeness (QED) is 0.132.